The largest absolute Gasteiger partial charge is 0.434 e. The van der Waals surface area contributed by atoms with Crippen LogP contribution in [0.5, 0.6) is 0 Å². The van der Waals surface area contributed by atoms with Gasteiger partial charge in [0.1, 0.15) is 5.01 Å². The number of thiazole rings is 1. The van der Waals surface area contributed by atoms with Crippen LogP contribution in [0.4, 0.5) is 13.2 Å². The van der Waals surface area contributed by atoms with Crippen LogP contribution in [0.25, 0.3) is 5.69 Å². The van der Waals surface area contributed by atoms with E-state index in [4.69, 9.17) is 0 Å². The quantitative estimate of drug-likeness (QED) is 0.747. The number of hydrogen-bond acceptors (Lipinski definition) is 4. The summed E-state index contributed by atoms with van der Waals surface area (Å²) < 4.78 is 41.5. The van der Waals surface area contributed by atoms with Crippen molar-refractivity contribution in [2.24, 2.45) is 0 Å². The van der Waals surface area contributed by atoms with Crippen LogP contribution in [0.15, 0.2) is 35.8 Å². The zero-order chi connectivity index (χ0) is 18.9. The van der Waals surface area contributed by atoms with Gasteiger partial charge in [-0.15, -0.1) is 11.3 Å². The fraction of sp³-hybridized carbons (Fsp3) is 0.235. The van der Waals surface area contributed by atoms with Gasteiger partial charge in [-0.05, 0) is 26.0 Å². The number of nitrogens with one attached hydrogen (secondary N) is 1. The van der Waals surface area contributed by atoms with E-state index in [9.17, 15) is 18.0 Å². The van der Waals surface area contributed by atoms with Gasteiger partial charge in [-0.1, -0.05) is 17.7 Å². The highest BCUT2D eigenvalue weighted by molar-refractivity contribution is 7.09. The molecule has 2 aromatic heterocycles. The average Bonchev–Trinajstić information content (AvgIpc) is 3.19. The van der Waals surface area contributed by atoms with Gasteiger partial charge < -0.3 is 5.32 Å². The second kappa shape index (κ2) is 6.91. The number of carbonyl (C=O) groups is 1. The van der Waals surface area contributed by atoms with E-state index in [0.717, 1.165) is 22.1 Å². The second-order valence-electron chi connectivity index (χ2n) is 5.72. The first-order valence-electron chi connectivity index (χ1n) is 7.67. The summed E-state index contributed by atoms with van der Waals surface area (Å²) >= 11 is 1.33. The Balaban J connectivity index is 1.91. The summed E-state index contributed by atoms with van der Waals surface area (Å²) in [6.45, 7) is 3.69. The predicted octanol–water partition coefficient (Wildman–Crippen LogP) is 3.89. The van der Waals surface area contributed by atoms with Gasteiger partial charge in [0.25, 0.3) is 5.91 Å². The summed E-state index contributed by atoms with van der Waals surface area (Å²) in [5.74, 6) is -0.844. The molecule has 9 heteroatoms. The third-order valence-electron chi connectivity index (χ3n) is 3.63. The average molecular weight is 380 g/mol. The molecule has 0 aliphatic heterocycles. The molecule has 1 N–H and O–H groups in total. The third kappa shape index (κ3) is 3.77. The van der Waals surface area contributed by atoms with Crippen molar-refractivity contribution in [2.45, 2.75) is 26.6 Å². The maximum atomic E-state index is 13.6. The van der Waals surface area contributed by atoms with Crippen LogP contribution in [-0.2, 0) is 12.7 Å². The SMILES string of the molecule is Cc1ccc(-n2ncc(C(=O)NCc3nc(C)cs3)c2C(F)(F)F)cc1. The number of benzene rings is 1. The lowest BCUT2D eigenvalue weighted by atomic mass is 10.2. The zero-order valence-electron chi connectivity index (χ0n) is 14.0. The molecular weight excluding hydrogens is 365 g/mol. The normalized spacial score (nSPS) is 11.6. The summed E-state index contributed by atoms with van der Waals surface area (Å²) in [5, 5.41) is 8.68. The zero-order valence-corrected chi connectivity index (χ0v) is 14.8. The first-order chi connectivity index (χ1) is 12.3. The number of aryl methyl sites for hydroxylation is 2. The van der Waals surface area contributed by atoms with Crippen LogP contribution in [0.3, 0.4) is 0 Å². The fourth-order valence-corrected chi connectivity index (χ4v) is 3.12. The highest BCUT2D eigenvalue weighted by atomic mass is 32.1. The number of halogens is 3. The van der Waals surface area contributed by atoms with Crippen molar-refractivity contribution in [3.8, 4) is 5.69 Å². The van der Waals surface area contributed by atoms with E-state index in [1.54, 1.807) is 24.4 Å². The van der Waals surface area contributed by atoms with Crippen molar-refractivity contribution in [3.05, 3.63) is 63.4 Å². The van der Waals surface area contributed by atoms with Gasteiger partial charge in [-0.25, -0.2) is 9.67 Å². The summed E-state index contributed by atoms with van der Waals surface area (Å²) in [6, 6.07) is 6.42. The minimum absolute atomic E-state index is 0.0599. The maximum Gasteiger partial charge on any atom is 0.434 e. The summed E-state index contributed by atoms with van der Waals surface area (Å²) in [5.41, 5.74) is 0.312. The smallest absolute Gasteiger partial charge is 0.345 e. The Morgan fingerprint density at radius 1 is 1.23 bits per heavy atom. The molecule has 5 nitrogen and oxygen atoms in total. The Hall–Kier alpha value is -2.68. The molecule has 0 saturated heterocycles. The number of alkyl halides is 3. The Morgan fingerprint density at radius 3 is 2.50 bits per heavy atom. The van der Waals surface area contributed by atoms with Gasteiger partial charge in [0.05, 0.1) is 24.0 Å². The number of amides is 1. The number of nitrogens with zero attached hydrogens (tertiary/aromatic N) is 3. The van der Waals surface area contributed by atoms with E-state index in [1.807, 2.05) is 6.92 Å². The number of aromatic nitrogens is 3. The molecule has 0 fully saturated rings. The molecule has 0 aliphatic carbocycles. The lowest BCUT2D eigenvalue weighted by molar-refractivity contribution is -0.143. The van der Waals surface area contributed by atoms with Gasteiger partial charge >= 0.3 is 6.18 Å². The molecule has 0 unspecified atom stereocenters. The van der Waals surface area contributed by atoms with E-state index >= 15 is 0 Å². The summed E-state index contributed by atoms with van der Waals surface area (Å²) in [7, 11) is 0. The predicted molar refractivity (Wildman–Crippen MR) is 91.3 cm³/mol. The molecule has 0 spiro atoms. The lowest BCUT2D eigenvalue weighted by Gasteiger charge is -2.13. The van der Waals surface area contributed by atoms with E-state index in [0.29, 0.717) is 5.01 Å². The molecule has 0 atom stereocenters. The van der Waals surface area contributed by atoms with Crippen LogP contribution < -0.4 is 5.32 Å². The van der Waals surface area contributed by atoms with Crippen LogP contribution >= 0.6 is 11.3 Å². The summed E-state index contributed by atoms with van der Waals surface area (Å²) in [4.78, 5) is 16.5. The standard InChI is InChI=1S/C17H15F3N4OS/c1-10-3-5-12(6-4-10)24-15(17(18,19)20)13(7-22-24)16(25)21-8-14-23-11(2)9-26-14/h3-7,9H,8H2,1-2H3,(H,21,25). The molecule has 0 saturated carbocycles. The Labute approximate surface area is 151 Å². The van der Waals surface area contributed by atoms with E-state index in [-0.39, 0.29) is 12.2 Å². The highest BCUT2D eigenvalue weighted by Gasteiger charge is 2.40. The van der Waals surface area contributed by atoms with Crippen LogP contribution in [0.1, 0.15) is 32.3 Å². The van der Waals surface area contributed by atoms with Gasteiger partial charge in [0, 0.05) is 11.1 Å². The van der Waals surface area contributed by atoms with Crippen molar-refractivity contribution < 1.29 is 18.0 Å². The van der Waals surface area contributed by atoms with Crippen molar-refractivity contribution in [2.75, 3.05) is 0 Å². The topological polar surface area (TPSA) is 59.8 Å². The minimum atomic E-state index is -4.73. The lowest BCUT2D eigenvalue weighted by Crippen LogP contribution is -2.26. The molecule has 1 aromatic carbocycles. The molecule has 0 radical (unpaired) electrons. The first-order valence-corrected chi connectivity index (χ1v) is 8.55. The molecule has 136 valence electrons. The Kier molecular flexibility index (Phi) is 4.82. The van der Waals surface area contributed by atoms with Crippen molar-refractivity contribution >= 4 is 17.2 Å². The fourth-order valence-electron chi connectivity index (χ4n) is 2.40. The molecule has 1 amide bonds. The van der Waals surface area contributed by atoms with E-state index in [1.165, 1.54) is 23.5 Å². The van der Waals surface area contributed by atoms with Crippen LogP contribution in [-0.4, -0.2) is 20.7 Å². The van der Waals surface area contributed by atoms with Crippen LogP contribution in [0, 0.1) is 13.8 Å². The molecule has 0 aliphatic rings. The van der Waals surface area contributed by atoms with Gasteiger partial charge in [-0.3, -0.25) is 4.79 Å². The third-order valence-corrected chi connectivity index (χ3v) is 4.59. The van der Waals surface area contributed by atoms with Gasteiger partial charge in [0.2, 0.25) is 0 Å². The summed E-state index contributed by atoms with van der Waals surface area (Å²) in [6.07, 6.45) is -3.79. The molecule has 3 aromatic rings. The number of hydrogen-bond donors (Lipinski definition) is 1. The number of rotatable bonds is 4. The van der Waals surface area contributed by atoms with Gasteiger partial charge in [0.15, 0.2) is 5.69 Å². The Morgan fingerprint density at radius 2 is 1.92 bits per heavy atom. The van der Waals surface area contributed by atoms with Crippen molar-refractivity contribution in [1.82, 2.24) is 20.1 Å². The molecule has 2 heterocycles. The van der Waals surface area contributed by atoms with Crippen molar-refractivity contribution in [1.29, 1.82) is 0 Å². The van der Waals surface area contributed by atoms with Gasteiger partial charge in [-0.2, -0.15) is 18.3 Å². The molecule has 26 heavy (non-hydrogen) atoms. The van der Waals surface area contributed by atoms with Crippen molar-refractivity contribution in [3.63, 3.8) is 0 Å². The van der Waals surface area contributed by atoms with E-state index < -0.39 is 23.3 Å². The minimum Gasteiger partial charge on any atom is -0.345 e. The van der Waals surface area contributed by atoms with Crippen LogP contribution in [0.2, 0.25) is 0 Å². The maximum absolute atomic E-state index is 13.6. The number of carbonyl (C=O) groups excluding carboxylic acids is 1. The first kappa shape index (κ1) is 18.1. The molecular formula is C17H15F3N4OS. The molecule has 0 bridgehead atoms. The highest BCUT2D eigenvalue weighted by Crippen LogP contribution is 2.33. The molecule has 3 rings (SSSR count). The second-order valence-corrected chi connectivity index (χ2v) is 6.66. The Bertz CT molecular complexity index is 928. The van der Waals surface area contributed by atoms with E-state index in [2.05, 4.69) is 15.4 Å². The monoisotopic (exact) mass is 380 g/mol.